The summed E-state index contributed by atoms with van der Waals surface area (Å²) in [5.41, 5.74) is 0.0278. The maximum atomic E-state index is 12.5. The van der Waals surface area contributed by atoms with E-state index in [0.29, 0.717) is 31.7 Å². The molecule has 124 valence electrons. The molecule has 23 heavy (non-hydrogen) atoms. The van der Waals surface area contributed by atoms with Crippen LogP contribution in [-0.2, 0) is 4.79 Å². The van der Waals surface area contributed by atoms with Crippen molar-refractivity contribution in [2.24, 2.45) is 5.41 Å². The lowest BCUT2D eigenvalue weighted by Gasteiger charge is -2.37. The van der Waals surface area contributed by atoms with Crippen LogP contribution in [0.2, 0.25) is 0 Å². The summed E-state index contributed by atoms with van der Waals surface area (Å²) in [7, 11) is 0. The fourth-order valence-corrected chi connectivity index (χ4v) is 2.55. The minimum absolute atomic E-state index is 0.0810. The normalized spacial score (nSPS) is 15.4. The zero-order valence-corrected chi connectivity index (χ0v) is 13.7. The molecule has 1 aliphatic rings. The topological polar surface area (TPSA) is 77.9 Å². The Labute approximate surface area is 135 Å². The van der Waals surface area contributed by atoms with Gasteiger partial charge in [-0.3, -0.25) is 9.59 Å². The predicted molar refractivity (Wildman–Crippen MR) is 85.3 cm³/mol. The van der Waals surface area contributed by atoms with Crippen molar-refractivity contribution in [1.82, 2.24) is 9.80 Å². The van der Waals surface area contributed by atoms with Gasteiger partial charge in [0.2, 0.25) is 5.91 Å². The first-order valence-electron chi connectivity index (χ1n) is 7.62. The third kappa shape index (κ3) is 3.88. The van der Waals surface area contributed by atoms with Gasteiger partial charge in [0.15, 0.2) is 0 Å². The number of amides is 2. The quantitative estimate of drug-likeness (QED) is 0.900. The molecule has 1 aromatic rings. The van der Waals surface area contributed by atoms with E-state index < -0.39 is 11.4 Å². The van der Waals surface area contributed by atoms with Crippen molar-refractivity contribution in [3.05, 3.63) is 35.4 Å². The van der Waals surface area contributed by atoms with E-state index in [1.165, 1.54) is 12.1 Å². The molecule has 6 heteroatoms. The molecule has 6 nitrogen and oxygen atoms in total. The molecule has 1 aromatic carbocycles. The molecule has 1 saturated heterocycles. The van der Waals surface area contributed by atoms with Crippen LogP contribution < -0.4 is 0 Å². The molecular weight excluding hydrogens is 296 g/mol. The van der Waals surface area contributed by atoms with E-state index in [9.17, 15) is 14.4 Å². The van der Waals surface area contributed by atoms with Gasteiger partial charge in [0.25, 0.3) is 5.91 Å². The third-order valence-electron chi connectivity index (χ3n) is 3.85. The second kappa shape index (κ2) is 6.40. The number of carbonyl (C=O) groups is 3. The first kappa shape index (κ1) is 17.0. The van der Waals surface area contributed by atoms with E-state index >= 15 is 0 Å². The number of carboxylic acid groups (broad SMARTS) is 1. The Hall–Kier alpha value is -2.37. The molecule has 0 aliphatic carbocycles. The maximum Gasteiger partial charge on any atom is 0.335 e. The Kier molecular flexibility index (Phi) is 4.73. The largest absolute Gasteiger partial charge is 0.478 e. The number of rotatable bonds is 2. The molecule has 0 unspecified atom stereocenters. The van der Waals surface area contributed by atoms with Crippen molar-refractivity contribution in [3.8, 4) is 0 Å². The molecule has 1 aliphatic heterocycles. The lowest BCUT2D eigenvalue weighted by molar-refractivity contribution is -0.140. The molecular formula is C17H22N2O4. The Morgan fingerprint density at radius 2 is 1.48 bits per heavy atom. The van der Waals surface area contributed by atoms with Crippen LogP contribution in [0.3, 0.4) is 0 Å². The first-order chi connectivity index (χ1) is 10.7. The number of nitrogens with zero attached hydrogens (tertiary/aromatic N) is 2. The SMILES string of the molecule is CC(C)(C)C(=O)N1CCN(C(=O)c2cccc(C(=O)O)c2)CC1. The van der Waals surface area contributed by atoms with Crippen molar-refractivity contribution in [2.45, 2.75) is 20.8 Å². The Morgan fingerprint density at radius 1 is 0.957 bits per heavy atom. The number of aromatic carboxylic acids is 1. The van der Waals surface area contributed by atoms with Gasteiger partial charge in [0.1, 0.15) is 0 Å². The summed E-state index contributed by atoms with van der Waals surface area (Å²) in [6.45, 7) is 7.55. The summed E-state index contributed by atoms with van der Waals surface area (Å²) in [5.74, 6) is -1.17. The molecule has 0 atom stereocenters. The molecule has 1 N–H and O–H groups in total. The lowest BCUT2D eigenvalue weighted by atomic mass is 9.94. The van der Waals surface area contributed by atoms with E-state index in [1.54, 1.807) is 21.9 Å². The number of benzene rings is 1. The monoisotopic (exact) mass is 318 g/mol. The van der Waals surface area contributed by atoms with Gasteiger partial charge in [0, 0.05) is 37.2 Å². The molecule has 1 fully saturated rings. The zero-order valence-electron chi connectivity index (χ0n) is 13.7. The van der Waals surface area contributed by atoms with Crippen molar-refractivity contribution in [3.63, 3.8) is 0 Å². The van der Waals surface area contributed by atoms with Gasteiger partial charge in [-0.15, -0.1) is 0 Å². The van der Waals surface area contributed by atoms with Crippen molar-refractivity contribution >= 4 is 17.8 Å². The van der Waals surface area contributed by atoms with E-state index in [2.05, 4.69) is 0 Å². The summed E-state index contributed by atoms with van der Waals surface area (Å²) < 4.78 is 0. The minimum atomic E-state index is -1.06. The van der Waals surface area contributed by atoms with Crippen LogP contribution in [0.4, 0.5) is 0 Å². The van der Waals surface area contributed by atoms with Crippen molar-refractivity contribution in [1.29, 1.82) is 0 Å². The first-order valence-corrected chi connectivity index (χ1v) is 7.62. The van der Waals surface area contributed by atoms with Crippen molar-refractivity contribution in [2.75, 3.05) is 26.2 Å². The summed E-state index contributed by atoms with van der Waals surface area (Å²) in [4.78, 5) is 39.2. The second-order valence-electron chi connectivity index (χ2n) is 6.72. The van der Waals surface area contributed by atoms with Crippen molar-refractivity contribution < 1.29 is 19.5 Å². The molecule has 2 amide bonds. The van der Waals surface area contributed by atoms with Gasteiger partial charge >= 0.3 is 5.97 Å². The second-order valence-corrected chi connectivity index (χ2v) is 6.72. The Morgan fingerprint density at radius 3 is 2.00 bits per heavy atom. The van der Waals surface area contributed by atoms with E-state index in [4.69, 9.17) is 5.11 Å². The van der Waals surface area contributed by atoms with Crippen LogP contribution in [0.1, 0.15) is 41.5 Å². The van der Waals surface area contributed by atoms with E-state index in [1.807, 2.05) is 20.8 Å². The van der Waals surface area contributed by atoms with Gasteiger partial charge < -0.3 is 14.9 Å². The zero-order chi connectivity index (χ0) is 17.2. The summed E-state index contributed by atoms with van der Waals surface area (Å²) >= 11 is 0. The predicted octanol–water partition coefficient (Wildman–Crippen LogP) is 1.72. The van der Waals surface area contributed by atoms with E-state index in [0.717, 1.165) is 0 Å². The van der Waals surface area contributed by atoms with Crippen LogP contribution in [0.15, 0.2) is 24.3 Å². The molecule has 0 spiro atoms. The number of piperazine rings is 1. The standard InChI is InChI=1S/C17H22N2O4/c1-17(2,3)16(23)19-9-7-18(8-10-19)14(20)12-5-4-6-13(11-12)15(21)22/h4-6,11H,7-10H2,1-3H3,(H,21,22). The Balaban J connectivity index is 2.03. The highest BCUT2D eigenvalue weighted by atomic mass is 16.4. The third-order valence-corrected chi connectivity index (χ3v) is 3.85. The minimum Gasteiger partial charge on any atom is -0.478 e. The van der Waals surface area contributed by atoms with Gasteiger partial charge in [-0.1, -0.05) is 26.8 Å². The average molecular weight is 318 g/mol. The molecule has 2 rings (SSSR count). The smallest absolute Gasteiger partial charge is 0.335 e. The van der Waals surface area contributed by atoms with Gasteiger partial charge in [0.05, 0.1) is 5.56 Å². The fraction of sp³-hybridized carbons (Fsp3) is 0.471. The fourth-order valence-electron chi connectivity index (χ4n) is 2.55. The number of hydrogen-bond donors (Lipinski definition) is 1. The maximum absolute atomic E-state index is 12.5. The van der Waals surface area contributed by atoms with Gasteiger partial charge in [-0.05, 0) is 18.2 Å². The highest BCUT2D eigenvalue weighted by molar-refractivity contribution is 5.97. The van der Waals surface area contributed by atoms with Crippen LogP contribution in [0, 0.1) is 5.41 Å². The number of carboxylic acids is 1. The van der Waals surface area contributed by atoms with Crippen LogP contribution in [-0.4, -0.2) is 58.9 Å². The van der Waals surface area contributed by atoms with Crippen LogP contribution in [0.5, 0.6) is 0 Å². The lowest BCUT2D eigenvalue weighted by Crippen LogP contribution is -2.53. The summed E-state index contributed by atoms with van der Waals surface area (Å²) in [6, 6.07) is 6.02. The molecule has 0 saturated carbocycles. The van der Waals surface area contributed by atoms with Gasteiger partial charge in [-0.2, -0.15) is 0 Å². The molecule has 0 aromatic heterocycles. The van der Waals surface area contributed by atoms with E-state index in [-0.39, 0.29) is 17.4 Å². The summed E-state index contributed by atoms with van der Waals surface area (Å²) in [6.07, 6.45) is 0. The molecule has 0 radical (unpaired) electrons. The molecule has 1 heterocycles. The average Bonchev–Trinajstić information content (AvgIpc) is 2.53. The highest BCUT2D eigenvalue weighted by Gasteiger charge is 2.31. The van der Waals surface area contributed by atoms with Crippen LogP contribution in [0.25, 0.3) is 0 Å². The highest BCUT2D eigenvalue weighted by Crippen LogP contribution is 2.19. The summed E-state index contributed by atoms with van der Waals surface area (Å²) in [5, 5.41) is 9.00. The van der Waals surface area contributed by atoms with Crippen LogP contribution >= 0.6 is 0 Å². The number of hydrogen-bond acceptors (Lipinski definition) is 3. The number of carbonyl (C=O) groups excluding carboxylic acids is 2. The van der Waals surface area contributed by atoms with Gasteiger partial charge in [-0.25, -0.2) is 4.79 Å². The Bertz CT molecular complexity index is 626. The molecule has 0 bridgehead atoms.